The molecule has 2 N–H and O–H groups in total. The van der Waals surface area contributed by atoms with E-state index in [9.17, 15) is 8.42 Å². The van der Waals surface area contributed by atoms with Crippen molar-refractivity contribution < 1.29 is 13.2 Å². The molecule has 0 radical (unpaired) electrons. The summed E-state index contributed by atoms with van der Waals surface area (Å²) in [5.74, 6) is 0.202. The Morgan fingerprint density at radius 1 is 1.30 bits per heavy atom. The molecule has 0 aromatic rings. The molecule has 0 unspecified atom stereocenters. The summed E-state index contributed by atoms with van der Waals surface area (Å²) in [6, 6.07) is 0. The molecule has 1 saturated heterocycles. The molecule has 1 aliphatic carbocycles. The highest BCUT2D eigenvalue weighted by molar-refractivity contribution is 7.89. The average molecular weight is 305 g/mol. The second-order valence-electron chi connectivity index (χ2n) is 5.97. The Labute approximate surface area is 122 Å². The Balaban J connectivity index is 1.68. The summed E-state index contributed by atoms with van der Waals surface area (Å²) in [4.78, 5) is 2.20. The van der Waals surface area contributed by atoms with Gasteiger partial charge < -0.3 is 10.1 Å². The van der Waals surface area contributed by atoms with E-state index in [1.165, 1.54) is 0 Å². The monoisotopic (exact) mass is 305 g/mol. The Morgan fingerprint density at radius 3 is 2.60 bits per heavy atom. The van der Waals surface area contributed by atoms with Crippen molar-refractivity contribution in [2.75, 3.05) is 58.7 Å². The molecule has 1 heterocycles. The van der Waals surface area contributed by atoms with Crippen LogP contribution < -0.4 is 10.0 Å². The summed E-state index contributed by atoms with van der Waals surface area (Å²) >= 11 is 0. The van der Waals surface area contributed by atoms with Crippen molar-refractivity contribution in [1.82, 2.24) is 14.9 Å². The molecular weight excluding hydrogens is 278 g/mol. The minimum atomic E-state index is -3.15. The molecular formula is C13H27N3O3S. The Kier molecular flexibility index (Phi) is 5.80. The minimum absolute atomic E-state index is 0.165. The van der Waals surface area contributed by atoms with Crippen molar-refractivity contribution in [3.63, 3.8) is 0 Å². The largest absolute Gasteiger partial charge is 0.385 e. The highest BCUT2D eigenvalue weighted by Gasteiger charge is 2.42. The van der Waals surface area contributed by atoms with Gasteiger partial charge in [-0.2, -0.15) is 0 Å². The molecule has 1 aliphatic heterocycles. The van der Waals surface area contributed by atoms with Gasteiger partial charge in [0.05, 0.1) is 5.75 Å². The molecule has 2 aliphatic rings. The molecule has 20 heavy (non-hydrogen) atoms. The van der Waals surface area contributed by atoms with Crippen LogP contribution in [-0.4, -0.2) is 72.1 Å². The first kappa shape index (κ1) is 16.2. The predicted octanol–water partition coefficient (Wildman–Crippen LogP) is -0.372. The molecule has 0 atom stereocenters. The second kappa shape index (κ2) is 7.17. The van der Waals surface area contributed by atoms with E-state index >= 15 is 0 Å². The first-order valence-corrected chi connectivity index (χ1v) is 9.10. The zero-order valence-corrected chi connectivity index (χ0v) is 13.2. The zero-order chi connectivity index (χ0) is 14.5. The number of methoxy groups -OCH3 is 1. The number of hydrogen-bond donors (Lipinski definition) is 2. The Morgan fingerprint density at radius 2 is 2.00 bits per heavy atom. The van der Waals surface area contributed by atoms with Gasteiger partial charge in [-0.3, -0.25) is 4.90 Å². The molecule has 0 bridgehead atoms. The standard InChI is InChI=1S/C13H27N3O3S/c1-19-10-4-13(2-3-13)12-15-20(17,18)11-9-16-7-5-14-6-8-16/h14-15H,2-12H2,1H3. The van der Waals surface area contributed by atoms with Crippen molar-refractivity contribution in [3.05, 3.63) is 0 Å². The lowest BCUT2D eigenvalue weighted by Gasteiger charge is -2.27. The van der Waals surface area contributed by atoms with Crippen LogP contribution in [0.1, 0.15) is 19.3 Å². The van der Waals surface area contributed by atoms with Gasteiger partial charge in [0.25, 0.3) is 0 Å². The first-order valence-electron chi connectivity index (χ1n) is 7.45. The maximum atomic E-state index is 12.0. The van der Waals surface area contributed by atoms with Crippen LogP contribution in [0.15, 0.2) is 0 Å². The number of sulfonamides is 1. The van der Waals surface area contributed by atoms with E-state index in [2.05, 4.69) is 14.9 Å². The number of nitrogens with one attached hydrogen (secondary N) is 2. The highest BCUT2D eigenvalue weighted by atomic mass is 32.2. The van der Waals surface area contributed by atoms with Crippen LogP contribution in [-0.2, 0) is 14.8 Å². The lowest BCUT2D eigenvalue weighted by atomic mass is 10.0. The summed E-state index contributed by atoms with van der Waals surface area (Å²) in [5, 5.41) is 3.27. The van der Waals surface area contributed by atoms with Gasteiger partial charge in [0.1, 0.15) is 0 Å². The van der Waals surface area contributed by atoms with Gasteiger partial charge in [-0.15, -0.1) is 0 Å². The van der Waals surface area contributed by atoms with Crippen molar-refractivity contribution in [1.29, 1.82) is 0 Å². The summed E-state index contributed by atoms with van der Waals surface area (Å²) in [7, 11) is -1.46. The highest BCUT2D eigenvalue weighted by Crippen LogP contribution is 2.48. The molecule has 2 fully saturated rings. The quantitative estimate of drug-likeness (QED) is 0.608. The van der Waals surface area contributed by atoms with E-state index in [1.54, 1.807) is 7.11 Å². The van der Waals surface area contributed by atoms with Crippen LogP contribution in [0, 0.1) is 5.41 Å². The summed E-state index contributed by atoms with van der Waals surface area (Å²) in [5.41, 5.74) is 0.165. The van der Waals surface area contributed by atoms with Gasteiger partial charge in [0, 0.05) is 53.0 Å². The van der Waals surface area contributed by atoms with E-state index in [0.29, 0.717) is 19.7 Å². The van der Waals surface area contributed by atoms with Crippen LogP contribution in [0.25, 0.3) is 0 Å². The molecule has 7 heteroatoms. The SMILES string of the molecule is COCCC1(CNS(=O)(=O)CCN2CCNCC2)CC1. The number of rotatable bonds is 9. The third-order valence-corrected chi connectivity index (χ3v) is 5.65. The third kappa shape index (κ3) is 5.29. The fourth-order valence-electron chi connectivity index (χ4n) is 2.53. The fraction of sp³-hybridized carbons (Fsp3) is 1.00. The molecule has 2 rings (SSSR count). The van der Waals surface area contributed by atoms with Crippen LogP contribution in [0.4, 0.5) is 0 Å². The van der Waals surface area contributed by atoms with Crippen LogP contribution in [0.3, 0.4) is 0 Å². The van der Waals surface area contributed by atoms with Crippen LogP contribution in [0.5, 0.6) is 0 Å². The van der Waals surface area contributed by atoms with E-state index in [0.717, 1.165) is 45.4 Å². The lowest BCUT2D eigenvalue weighted by Crippen LogP contribution is -2.46. The molecule has 0 amide bonds. The maximum absolute atomic E-state index is 12.0. The van der Waals surface area contributed by atoms with E-state index in [-0.39, 0.29) is 11.2 Å². The van der Waals surface area contributed by atoms with Crippen LogP contribution >= 0.6 is 0 Å². The van der Waals surface area contributed by atoms with E-state index < -0.39 is 10.0 Å². The lowest BCUT2D eigenvalue weighted by molar-refractivity contribution is 0.173. The smallest absolute Gasteiger partial charge is 0.212 e. The van der Waals surface area contributed by atoms with E-state index in [4.69, 9.17) is 4.74 Å². The van der Waals surface area contributed by atoms with Crippen molar-refractivity contribution in [2.24, 2.45) is 5.41 Å². The van der Waals surface area contributed by atoms with Gasteiger partial charge in [-0.1, -0.05) is 0 Å². The minimum Gasteiger partial charge on any atom is -0.385 e. The van der Waals surface area contributed by atoms with Gasteiger partial charge >= 0.3 is 0 Å². The zero-order valence-electron chi connectivity index (χ0n) is 12.4. The fourth-order valence-corrected chi connectivity index (χ4v) is 3.70. The molecule has 0 spiro atoms. The first-order chi connectivity index (χ1) is 9.55. The summed E-state index contributed by atoms with van der Waals surface area (Å²) in [6.45, 7) is 5.69. The normalized spacial score (nSPS) is 22.9. The van der Waals surface area contributed by atoms with Gasteiger partial charge in [0.15, 0.2) is 0 Å². The molecule has 1 saturated carbocycles. The maximum Gasteiger partial charge on any atom is 0.212 e. The molecule has 6 nitrogen and oxygen atoms in total. The van der Waals surface area contributed by atoms with Crippen molar-refractivity contribution >= 4 is 10.0 Å². The summed E-state index contributed by atoms with van der Waals surface area (Å²) < 4.78 is 31.9. The van der Waals surface area contributed by atoms with E-state index in [1.807, 2.05) is 0 Å². The van der Waals surface area contributed by atoms with Crippen LogP contribution in [0.2, 0.25) is 0 Å². The number of hydrogen-bond acceptors (Lipinski definition) is 5. The number of nitrogens with zero attached hydrogens (tertiary/aromatic N) is 1. The Bertz CT molecular complexity index is 390. The number of piperazine rings is 1. The average Bonchev–Trinajstić information content (AvgIpc) is 3.23. The van der Waals surface area contributed by atoms with Gasteiger partial charge in [0.2, 0.25) is 10.0 Å². The molecule has 118 valence electrons. The predicted molar refractivity (Wildman–Crippen MR) is 79.3 cm³/mol. The second-order valence-corrected chi connectivity index (χ2v) is 7.90. The van der Waals surface area contributed by atoms with Crippen molar-refractivity contribution in [3.8, 4) is 0 Å². The van der Waals surface area contributed by atoms with Gasteiger partial charge in [-0.25, -0.2) is 13.1 Å². The third-order valence-electron chi connectivity index (χ3n) is 4.35. The summed E-state index contributed by atoms with van der Waals surface area (Å²) in [6.07, 6.45) is 3.16. The number of ether oxygens (including phenoxy) is 1. The topological polar surface area (TPSA) is 70.7 Å². The molecule has 0 aromatic carbocycles. The molecule has 0 aromatic heterocycles. The van der Waals surface area contributed by atoms with Crippen molar-refractivity contribution in [2.45, 2.75) is 19.3 Å². The Hall–Kier alpha value is -0.210. The van der Waals surface area contributed by atoms with Gasteiger partial charge in [-0.05, 0) is 24.7 Å².